The first-order valence-corrected chi connectivity index (χ1v) is 10.9. The smallest absolute Gasteiger partial charge is 0.336 e. The van der Waals surface area contributed by atoms with E-state index in [2.05, 4.69) is 10.1 Å². The summed E-state index contributed by atoms with van der Waals surface area (Å²) in [6.45, 7) is 2.06. The van der Waals surface area contributed by atoms with Gasteiger partial charge in [-0.2, -0.15) is 4.98 Å². The fourth-order valence-electron chi connectivity index (χ4n) is 3.98. The first-order valence-electron chi connectivity index (χ1n) is 10.9. The van der Waals surface area contributed by atoms with Crippen LogP contribution in [0.2, 0.25) is 0 Å². The molecule has 170 valence electrons. The molecule has 8 nitrogen and oxygen atoms in total. The molecule has 0 atom stereocenters. The molecule has 0 spiro atoms. The molecule has 2 aromatic heterocycles. The summed E-state index contributed by atoms with van der Waals surface area (Å²) in [7, 11) is 1.57. The predicted octanol–water partition coefficient (Wildman–Crippen LogP) is 3.82. The highest BCUT2D eigenvalue weighted by Crippen LogP contribution is 2.27. The van der Waals surface area contributed by atoms with Crippen LogP contribution in [-0.2, 0) is 13.0 Å². The average molecular weight is 454 g/mol. The zero-order valence-electron chi connectivity index (χ0n) is 18.8. The van der Waals surface area contributed by atoms with Gasteiger partial charge in [0, 0.05) is 0 Å². The summed E-state index contributed by atoms with van der Waals surface area (Å²) in [4.78, 5) is 31.3. The van der Waals surface area contributed by atoms with Gasteiger partial charge >= 0.3 is 5.69 Å². The minimum atomic E-state index is -0.481. The van der Waals surface area contributed by atoms with Crippen LogP contribution in [0.25, 0.3) is 28.0 Å². The minimum Gasteiger partial charge on any atom is -0.496 e. The van der Waals surface area contributed by atoms with Crippen LogP contribution in [0.15, 0.2) is 86.9 Å². The van der Waals surface area contributed by atoms with Gasteiger partial charge in [-0.3, -0.25) is 9.36 Å². The molecular formula is C26H22N4O4. The predicted molar refractivity (Wildman–Crippen MR) is 129 cm³/mol. The fourth-order valence-corrected chi connectivity index (χ4v) is 3.98. The van der Waals surface area contributed by atoms with Crippen LogP contribution in [0.4, 0.5) is 0 Å². The van der Waals surface area contributed by atoms with E-state index in [-0.39, 0.29) is 18.0 Å². The van der Waals surface area contributed by atoms with E-state index >= 15 is 0 Å². The number of hydrogen-bond donors (Lipinski definition) is 0. The lowest BCUT2D eigenvalue weighted by atomic mass is 10.1. The van der Waals surface area contributed by atoms with E-state index in [1.165, 1.54) is 9.13 Å². The van der Waals surface area contributed by atoms with E-state index in [0.29, 0.717) is 33.7 Å². The number of methoxy groups -OCH3 is 1. The van der Waals surface area contributed by atoms with Gasteiger partial charge in [0.05, 0.1) is 29.3 Å². The van der Waals surface area contributed by atoms with E-state index in [9.17, 15) is 9.59 Å². The lowest BCUT2D eigenvalue weighted by Crippen LogP contribution is -2.39. The molecule has 5 aromatic rings. The largest absolute Gasteiger partial charge is 0.496 e. The molecule has 0 bridgehead atoms. The van der Waals surface area contributed by atoms with Gasteiger partial charge in [0.2, 0.25) is 11.7 Å². The highest BCUT2D eigenvalue weighted by molar-refractivity contribution is 5.78. The van der Waals surface area contributed by atoms with Gasteiger partial charge in [0.15, 0.2) is 0 Å². The molecule has 0 saturated carbocycles. The van der Waals surface area contributed by atoms with Crippen LogP contribution in [0, 0.1) is 0 Å². The number of benzene rings is 3. The highest BCUT2D eigenvalue weighted by atomic mass is 16.5. The number of ether oxygens (including phenoxy) is 1. The molecule has 3 aromatic carbocycles. The Balaban J connectivity index is 1.64. The monoisotopic (exact) mass is 454 g/mol. The zero-order chi connectivity index (χ0) is 23.7. The summed E-state index contributed by atoms with van der Waals surface area (Å²) < 4.78 is 13.5. The Hall–Kier alpha value is -4.46. The number of rotatable bonds is 6. The number of nitrogens with zero attached hydrogens (tertiary/aromatic N) is 4. The molecule has 2 heterocycles. The Morgan fingerprint density at radius 3 is 2.44 bits per heavy atom. The number of para-hydroxylation sites is 2. The van der Waals surface area contributed by atoms with Gasteiger partial charge in [0.25, 0.3) is 5.56 Å². The van der Waals surface area contributed by atoms with Crippen LogP contribution in [-0.4, -0.2) is 26.4 Å². The van der Waals surface area contributed by atoms with Gasteiger partial charge in [-0.05, 0) is 48.4 Å². The van der Waals surface area contributed by atoms with Crippen molar-refractivity contribution in [3.05, 3.63) is 105 Å². The molecule has 0 aliphatic rings. The van der Waals surface area contributed by atoms with Crippen molar-refractivity contribution in [1.82, 2.24) is 19.3 Å². The van der Waals surface area contributed by atoms with Crippen molar-refractivity contribution in [2.75, 3.05) is 7.11 Å². The van der Waals surface area contributed by atoms with E-state index in [1.54, 1.807) is 43.5 Å². The summed E-state index contributed by atoms with van der Waals surface area (Å²) in [6, 6.07) is 21.7. The molecule has 0 amide bonds. The first-order chi connectivity index (χ1) is 16.6. The van der Waals surface area contributed by atoms with Crippen LogP contribution < -0.4 is 16.0 Å². The maximum Gasteiger partial charge on any atom is 0.336 e. The van der Waals surface area contributed by atoms with Crippen molar-refractivity contribution in [2.45, 2.75) is 19.9 Å². The van der Waals surface area contributed by atoms with Crippen molar-refractivity contribution in [2.24, 2.45) is 0 Å². The van der Waals surface area contributed by atoms with Gasteiger partial charge in [-0.1, -0.05) is 48.5 Å². The van der Waals surface area contributed by atoms with Crippen LogP contribution in [0.5, 0.6) is 5.75 Å². The average Bonchev–Trinajstić information content (AvgIpc) is 3.35. The molecule has 0 saturated heterocycles. The number of aryl methyl sites for hydroxylation is 1. The second-order valence-electron chi connectivity index (χ2n) is 7.76. The standard InChI is InChI=1S/C26H22N4O4/c1-3-17-12-14-18(15-13-17)30-25(31)19-8-4-6-10-21(19)29(26(30)32)16-23-27-24(28-34-23)20-9-5-7-11-22(20)33-2/h4-15H,3,16H2,1-2H3. The van der Waals surface area contributed by atoms with Crippen molar-refractivity contribution in [3.63, 3.8) is 0 Å². The van der Waals surface area contributed by atoms with Crippen molar-refractivity contribution >= 4 is 10.9 Å². The Labute approximate surface area is 194 Å². The third kappa shape index (κ3) is 3.69. The van der Waals surface area contributed by atoms with Crippen LogP contribution >= 0.6 is 0 Å². The number of aromatic nitrogens is 4. The second kappa shape index (κ2) is 8.82. The van der Waals surface area contributed by atoms with E-state index < -0.39 is 5.69 Å². The molecule has 0 fully saturated rings. The Morgan fingerprint density at radius 1 is 0.941 bits per heavy atom. The van der Waals surface area contributed by atoms with Crippen molar-refractivity contribution < 1.29 is 9.26 Å². The number of hydrogen-bond acceptors (Lipinski definition) is 6. The lowest BCUT2D eigenvalue weighted by Gasteiger charge is -2.13. The van der Waals surface area contributed by atoms with Gasteiger partial charge in [0.1, 0.15) is 12.3 Å². The van der Waals surface area contributed by atoms with Gasteiger partial charge in [-0.15, -0.1) is 0 Å². The fraction of sp³-hybridized carbons (Fsp3) is 0.154. The first kappa shape index (κ1) is 21.4. The Morgan fingerprint density at radius 2 is 1.68 bits per heavy atom. The molecule has 8 heteroatoms. The highest BCUT2D eigenvalue weighted by Gasteiger charge is 2.18. The molecule has 5 rings (SSSR count). The SMILES string of the molecule is CCc1ccc(-n2c(=O)c3ccccc3n(Cc3nc(-c4ccccc4OC)no3)c2=O)cc1. The van der Waals surface area contributed by atoms with Crippen molar-refractivity contribution in [1.29, 1.82) is 0 Å². The Bertz CT molecular complexity index is 1600. The molecule has 0 radical (unpaired) electrons. The van der Waals surface area contributed by atoms with Gasteiger partial charge < -0.3 is 9.26 Å². The summed E-state index contributed by atoms with van der Waals surface area (Å²) in [6.07, 6.45) is 0.864. The Kier molecular flexibility index (Phi) is 5.55. The molecule has 0 aliphatic carbocycles. The summed E-state index contributed by atoms with van der Waals surface area (Å²) in [5.74, 6) is 1.20. The molecular weight excluding hydrogens is 432 g/mol. The maximum atomic E-state index is 13.6. The topological polar surface area (TPSA) is 92.2 Å². The quantitative estimate of drug-likeness (QED) is 0.387. The van der Waals surface area contributed by atoms with E-state index in [0.717, 1.165) is 12.0 Å². The summed E-state index contributed by atoms with van der Waals surface area (Å²) in [5, 5.41) is 4.49. The molecule has 0 N–H and O–H groups in total. The lowest BCUT2D eigenvalue weighted by molar-refractivity contribution is 0.369. The van der Waals surface area contributed by atoms with Crippen LogP contribution in [0.1, 0.15) is 18.4 Å². The molecule has 0 aliphatic heterocycles. The zero-order valence-corrected chi connectivity index (χ0v) is 18.8. The summed E-state index contributed by atoms with van der Waals surface area (Å²) >= 11 is 0. The normalized spacial score (nSPS) is 11.1. The van der Waals surface area contributed by atoms with Crippen molar-refractivity contribution in [3.8, 4) is 22.8 Å². The molecule has 34 heavy (non-hydrogen) atoms. The third-order valence-corrected chi connectivity index (χ3v) is 5.76. The maximum absolute atomic E-state index is 13.6. The van der Waals surface area contributed by atoms with E-state index in [1.807, 2.05) is 43.3 Å². The molecule has 0 unspecified atom stereocenters. The second-order valence-corrected chi connectivity index (χ2v) is 7.76. The summed E-state index contributed by atoms with van der Waals surface area (Å²) in [5.41, 5.74) is 1.94. The van der Waals surface area contributed by atoms with Crippen LogP contribution in [0.3, 0.4) is 0 Å². The van der Waals surface area contributed by atoms with E-state index in [4.69, 9.17) is 9.26 Å². The number of fused-ring (bicyclic) bond motifs is 1. The third-order valence-electron chi connectivity index (χ3n) is 5.76. The van der Waals surface area contributed by atoms with Gasteiger partial charge in [-0.25, -0.2) is 9.36 Å². The minimum absolute atomic E-state index is 0.00875.